The fourth-order valence-corrected chi connectivity index (χ4v) is 7.98. The first-order valence-corrected chi connectivity index (χ1v) is 16.7. The molecular formula is C36H39N3O15. The number of rotatable bonds is 9. The van der Waals surface area contributed by atoms with Gasteiger partial charge in [0.1, 0.15) is 41.6 Å². The average Bonchev–Trinajstić information content (AvgIpc) is 3.12. The van der Waals surface area contributed by atoms with Gasteiger partial charge in [-0.05, 0) is 31.0 Å². The van der Waals surface area contributed by atoms with Crippen molar-refractivity contribution in [2.45, 2.75) is 62.1 Å². The van der Waals surface area contributed by atoms with Gasteiger partial charge in [-0.25, -0.2) is 4.79 Å². The molecule has 0 spiro atoms. The Kier molecular flexibility index (Phi) is 9.99. The van der Waals surface area contributed by atoms with E-state index in [0.29, 0.717) is 0 Å². The number of carbonyl (C=O) groups excluding carboxylic acids is 5. The number of hydrogen-bond acceptors (Lipinski definition) is 18. The predicted molar refractivity (Wildman–Crippen MR) is 183 cm³/mol. The second kappa shape index (κ2) is 14.0. The standard InChI is InChI=1S/C36H39N3O15/c1-13-9-15-10-20(41)36(52-6)32(46)23-17(31(45)35(36,48)24(15)28(44)21(13)34(47)51-5)11-16-22(27(23)43)19(40)12-18(26(16)42)38-33-30(50-4)25(39-53-8-7-37)29(49-3)14(2)54-33/h9,11-12,14,20,29-30,33,38,41,43-44,48H,7-8,10,37H2,1-6H3/b39-25-/t14-,20+,29-,30+,33-,35-,36+/m0/s1. The van der Waals surface area contributed by atoms with E-state index < -0.39 is 122 Å². The number of carbonyl (C=O) groups is 5. The summed E-state index contributed by atoms with van der Waals surface area (Å²) in [7, 11) is 4.73. The van der Waals surface area contributed by atoms with Crippen LogP contribution in [-0.2, 0) is 40.5 Å². The molecule has 0 bridgehead atoms. The van der Waals surface area contributed by atoms with Crippen LogP contribution >= 0.6 is 0 Å². The summed E-state index contributed by atoms with van der Waals surface area (Å²) in [6.07, 6.45) is -5.19. The lowest BCUT2D eigenvalue weighted by molar-refractivity contribution is -0.181. The Morgan fingerprint density at radius 3 is 2.31 bits per heavy atom. The van der Waals surface area contributed by atoms with E-state index in [1.165, 1.54) is 27.2 Å². The topological polar surface area (TPSA) is 272 Å². The molecule has 2 aromatic rings. The fourth-order valence-electron chi connectivity index (χ4n) is 7.98. The Hall–Kier alpha value is -5.08. The number of methoxy groups -OCH3 is 4. The van der Waals surface area contributed by atoms with Gasteiger partial charge in [-0.1, -0.05) is 11.2 Å². The molecule has 1 fully saturated rings. The van der Waals surface area contributed by atoms with Crippen LogP contribution in [0.2, 0.25) is 0 Å². The number of allylic oxidation sites excluding steroid dienone is 2. The van der Waals surface area contributed by atoms with E-state index in [-0.39, 0.29) is 35.7 Å². The van der Waals surface area contributed by atoms with Crippen LogP contribution < -0.4 is 11.1 Å². The van der Waals surface area contributed by atoms with Crippen molar-refractivity contribution in [3.63, 3.8) is 0 Å². The first-order chi connectivity index (χ1) is 25.6. The summed E-state index contributed by atoms with van der Waals surface area (Å²) < 4.78 is 27.5. The zero-order valence-electron chi connectivity index (χ0n) is 30.0. The second-order valence-corrected chi connectivity index (χ2v) is 13.1. The number of phenols is 2. The predicted octanol–water partition coefficient (Wildman–Crippen LogP) is -0.280. The number of aromatic hydroxyl groups is 2. The smallest absolute Gasteiger partial charge is 0.341 e. The Balaban J connectivity index is 1.48. The van der Waals surface area contributed by atoms with Gasteiger partial charge in [0.25, 0.3) is 0 Å². The van der Waals surface area contributed by atoms with Crippen LogP contribution in [-0.4, -0.2) is 133 Å². The molecule has 1 aliphatic heterocycles. The molecule has 3 aliphatic carbocycles. The number of oxime groups is 1. The maximum absolute atomic E-state index is 14.7. The Bertz CT molecular complexity index is 2060. The third-order valence-corrected chi connectivity index (χ3v) is 10.4. The van der Waals surface area contributed by atoms with Gasteiger partial charge in [0, 0.05) is 57.1 Å². The van der Waals surface area contributed by atoms with Gasteiger partial charge in [0.15, 0.2) is 23.2 Å². The van der Waals surface area contributed by atoms with E-state index in [1.807, 2.05) is 0 Å². The summed E-state index contributed by atoms with van der Waals surface area (Å²) in [6.45, 7) is 3.35. The second-order valence-electron chi connectivity index (χ2n) is 13.1. The minimum atomic E-state index is -3.24. The molecule has 4 aliphatic rings. The van der Waals surface area contributed by atoms with Crippen molar-refractivity contribution in [1.82, 2.24) is 5.32 Å². The zero-order valence-corrected chi connectivity index (χ0v) is 30.0. The van der Waals surface area contributed by atoms with Crippen molar-refractivity contribution in [3.05, 3.63) is 68.4 Å². The summed E-state index contributed by atoms with van der Waals surface area (Å²) in [5.74, 6) is -7.66. The van der Waals surface area contributed by atoms with Crippen LogP contribution in [0.4, 0.5) is 0 Å². The quantitative estimate of drug-likeness (QED) is 0.109. The molecule has 0 radical (unpaired) electrons. The molecule has 0 unspecified atom stereocenters. The molecule has 1 heterocycles. The van der Waals surface area contributed by atoms with Crippen LogP contribution in [0.3, 0.4) is 0 Å². The largest absolute Gasteiger partial charge is 0.507 e. The summed E-state index contributed by atoms with van der Waals surface area (Å²) in [6, 6.07) is 2.19. The van der Waals surface area contributed by atoms with Crippen molar-refractivity contribution in [3.8, 4) is 11.5 Å². The number of Topliss-reactive ketones (excluding diaryl/α,β-unsaturated/α-hetero) is 3. The first kappa shape index (κ1) is 38.6. The van der Waals surface area contributed by atoms with Gasteiger partial charge in [0.05, 0.1) is 36.1 Å². The summed E-state index contributed by atoms with van der Waals surface area (Å²) in [5, 5.41) is 54.0. The van der Waals surface area contributed by atoms with Gasteiger partial charge in [0.2, 0.25) is 17.3 Å². The number of nitrogens with zero attached hydrogens (tertiary/aromatic N) is 1. The van der Waals surface area contributed by atoms with Crippen molar-refractivity contribution in [2.75, 3.05) is 41.6 Å². The van der Waals surface area contributed by atoms with E-state index in [4.69, 9.17) is 34.3 Å². The highest BCUT2D eigenvalue weighted by molar-refractivity contribution is 6.31. The van der Waals surface area contributed by atoms with Gasteiger partial charge in [-0.15, -0.1) is 0 Å². The van der Waals surface area contributed by atoms with E-state index in [2.05, 4.69) is 10.5 Å². The summed E-state index contributed by atoms with van der Waals surface area (Å²) in [4.78, 5) is 75.0. The molecule has 18 nitrogen and oxygen atoms in total. The monoisotopic (exact) mass is 753 g/mol. The number of aliphatic hydroxyl groups excluding tert-OH is 1. The van der Waals surface area contributed by atoms with Crippen molar-refractivity contribution < 1.29 is 72.9 Å². The third-order valence-electron chi connectivity index (χ3n) is 10.4. The van der Waals surface area contributed by atoms with Gasteiger partial charge < -0.3 is 60.0 Å². The first-order valence-electron chi connectivity index (χ1n) is 16.7. The molecule has 1 saturated heterocycles. The Morgan fingerprint density at radius 2 is 1.70 bits per heavy atom. The Labute approximate surface area is 307 Å². The number of ether oxygens (including phenoxy) is 5. The number of aryl methyl sites for hydroxylation is 1. The van der Waals surface area contributed by atoms with E-state index in [9.17, 15) is 44.4 Å². The lowest BCUT2D eigenvalue weighted by Crippen LogP contribution is -2.73. The number of phenolic OH excluding ortho intramolecular Hbond substituents is 2. The Morgan fingerprint density at radius 1 is 1.02 bits per heavy atom. The van der Waals surface area contributed by atoms with Gasteiger partial charge >= 0.3 is 5.97 Å². The van der Waals surface area contributed by atoms with Crippen LogP contribution in [0.1, 0.15) is 75.4 Å². The molecule has 7 N–H and O–H groups in total. The lowest BCUT2D eigenvalue weighted by atomic mass is 9.56. The van der Waals surface area contributed by atoms with Crippen molar-refractivity contribution in [1.29, 1.82) is 0 Å². The van der Waals surface area contributed by atoms with Crippen molar-refractivity contribution in [2.24, 2.45) is 10.9 Å². The minimum Gasteiger partial charge on any atom is -0.507 e. The SMILES string of the molecule is COC(=O)c1c(C)cc2c(c1O)[C@]1(O)C(=O)c3cc4c(c(O)c3C(=O)[C@]1(OC)[C@H](O)C2)C(=O)C=C(N[C@H]1O[C@@H](C)[C@H](OC)/C(=N/OCCN)[C@H]1OC)C4=O. The highest BCUT2D eigenvalue weighted by Crippen LogP contribution is 2.56. The number of fused-ring (bicyclic) bond motifs is 5. The normalized spacial score (nSPS) is 29.5. The number of nitrogens with one attached hydrogen (secondary N) is 1. The third kappa shape index (κ3) is 5.20. The minimum absolute atomic E-state index is 0.00533. The highest BCUT2D eigenvalue weighted by Gasteiger charge is 2.72. The zero-order chi connectivity index (χ0) is 39.6. The summed E-state index contributed by atoms with van der Waals surface area (Å²) in [5.41, 5.74) is -4.36. The molecule has 6 rings (SSSR count). The molecule has 0 amide bonds. The molecule has 7 atom stereocenters. The number of esters is 1. The molecule has 2 aromatic carbocycles. The lowest BCUT2D eigenvalue weighted by Gasteiger charge is -2.52. The van der Waals surface area contributed by atoms with Gasteiger partial charge in [-0.2, -0.15) is 0 Å². The molecular weight excluding hydrogens is 714 g/mol. The number of aliphatic hydroxyl groups is 2. The molecule has 54 heavy (non-hydrogen) atoms. The number of hydrogen-bond donors (Lipinski definition) is 6. The van der Waals surface area contributed by atoms with Gasteiger partial charge in [-0.3, -0.25) is 19.2 Å². The molecule has 0 saturated carbocycles. The molecule has 288 valence electrons. The van der Waals surface area contributed by atoms with Crippen LogP contribution in [0.15, 0.2) is 29.1 Å². The molecule has 0 aromatic heterocycles. The number of ketones is 4. The highest BCUT2D eigenvalue weighted by atomic mass is 16.6. The maximum Gasteiger partial charge on any atom is 0.341 e. The average molecular weight is 754 g/mol. The maximum atomic E-state index is 14.7. The van der Waals surface area contributed by atoms with Crippen LogP contribution in [0.5, 0.6) is 11.5 Å². The van der Waals surface area contributed by atoms with E-state index in [0.717, 1.165) is 26.4 Å². The fraction of sp³-hybridized carbons (Fsp3) is 0.444. The summed E-state index contributed by atoms with van der Waals surface area (Å²) >= 11 is 0. The van der Waals surface area contributed by atoms with E-state index in [1.54, 1.807) is 6.92 Å². The number of benzene rings is 2. The van der Waals surface area contributed by atoms with Crippen molar-refractivity contribution >= 4 is 34.8 Å². The van der Waals surface area contributed by atoms with Crippen LogP contribution in [0, 0.1) is 6.92 Å². The van der Waals surface area contributed by atoms with Crippen LogP contribution in [0.25, 0.3) is 0 Å². The number of nitrogens with two attached hydrogens (primary N) is 1. The molecule has 18 heteroatoms. The van der Waals surface area contributed by atoms with E-state index >= 15 is 0 Å².